The topological polar surface area (TPSA) is 91.8 Å². The second-order valence-corrected chi connectivity index (χ2v) is 6.65. The van der Waals surface area contributed by atoms with E-state index in [9.17, 15) is 13.6 Å². The number of nitrogens with zero attached hydrogens (tertiary/aromatic N) is 2. The van der Waals surface area contributed by atoms with Crippen molar-refractivity contribution in [1.82, 2.24) is 9.97 Å². The van der Waals surface area contributed by atoms with E-state index < -0.39 is 23.4 Å². The van der Waals surface area contributed by atoms with Crippen LogP contribution in [0.3, 0.4) is 0 Å². The molecule has 1 N–H and O–H groups in total. The zero-order valence-corrected chi connectivity index (χ0v) is 18.0. The second kappa shape index (κ2) is 10.1. The van der Waals surface area contributed by atoms with Crippen molar-refractivity contribution in [2.75, 3.05) is 26.6 Å². The number of nitrogens with one attached hydrogen (secondary N) is 1. The Morgan fingerprint density at radius 3 is 2.50 bits per heavy atom. The number of rotatable bonds is 8. The van der Waals surface area contributed by atoms with Gasteiger partial charge in [0, 0.05) is 12.6 Å². The number of carbonyl (C=O) groups excluding carboxylic acids is 1. The summed E-state index contributed by atoms with van der Waals surface area (Å²) in [7, 11) is 4.23. The number of anilines is 1. The van der Waals surface area contributed by atoms with Crippen LogP contribution in [-0.2, 0) is 11.3 Å². The van der Waals surface area contributed by atoms with E-state index in [-0.39, 0.29) is 29.0 Å². The Kier molecular flexibility index (Phi) is 7.26. The lowest BCUT2D eigenvalue weighted by Crippen LogP contribution is -2.13. The molecule has 1 aromatic heterocycles. The molecule has 0 spiro atoms. The zero-order valence-electron chi connectivity index (χ0n) is 17.2. The summed E-state index contributed by atoms with van der Waals surface area (Å²) in [6.45, 7) is 0.216. The predicted octanol–water partition coefficient (Wildman–Crippen LogP) is 4.62. The predicted molar refractivity (Wildman–Crippen MR) is 112 cm³/mol. The highest BCUT2D eigenvalue weighted by atomic mass is 35.5. The maximum Gasteiger partial charge on any atom is 0.360 e. The lowest BCUT2D eigenvalue weighted by Gasteiger charge is -2.13. The molecular formula is C21H18ClF2N3O5. The lowest BCUT2D eigenvalue weighted by atomic mass is 10.2. The van der Waals surface area contributed by atoms with Gasteiger partial charge in [0.2, 0.25) is 5.88 Å². The smallest absolute Gasteiger partial charge is 0.360 e. The minimum Gasteiger partial charge on any atom is -0.493 e. The fourth-order valence-corrected chi connectivity index (χ4v) is 2.93. The molecule has 32 heavy (non-hydrogen) atoms. The number of hydrogen-bond donors (Lipinski definition) is 1. The molecule has 0 atom stereocenters. The van der Waals surface area contributed by atoms with E-state index in [1.54, 1.807) is 18.2 Å². The molecule has 0 aliphatic heterocycles. The van der Waals surface area contributed by atoms with E-state index in [4.69, 9.17) is 30.5 Å². The van der Waals surface area contributed by atoms with E-state index in [0.29, 0.717) is 17.6 Å². The minimum atomic E-state index is -1.02. The quantitative estimate of drug-likeness (QED) is 0.482. The van der Waals surface area contributed by atoms with Gasteiger partial charge in [0.05, 0.1) is 32.5 Å². The van der Waals surface area contributed by atoms with Crippen LogP contribution in [0.5, 0.6) is 23.1 Å². The number of methoxy groups -OCH3 is 3. The molecular weight excluding hydrogens is 448 g/mol. The maximum atomic E-state index is 14.1. The van der Waals surface area contributed by atoms with Gasteiger partial charge in [-0.05, 0) is 23.8 Å². The minimum absolute atomic E-state index is 0.0165. The van der Waals surface area contributed by atoms with Gasteiger partial charge in [0.25, 0.3) is 0 Å². The van der Waals surface area contributed by atoms with E-state index in [0.717, 1.165) is 17.8 Å². The van der Waals surface area contributed by atoms with Crippen LogP contribution in [0.15, 0.2) is 36.5 Å². The van der Waals surface area contributed by atoms with Gasteiger partial charge in [-0.25, -0.2) is 18.6 Å². The van der Waals surface area contributed by atoms with E-state index >= 15 is 0 Å². The van der Waals surface area contributed by atoms with Crippen LogP contribution in [-0.4, -0.2) is 37.3 Å². The van der Waals surface area contributed by atoms with Crippen LogP contribution in [0.25, 0.3) is 0 Å². The zero-order chi connectivity index (χ0) is 23.3. The van der Waals surface area contributed by atoms with Crippen molar-refractivity contribution in [3.8, 4) is 23.1 Å². The fourth-order valence-electron chi connectivity index (χ4n) is 2.70. The van der Waals surface area contributed by atoms with Crippen molar-refractivity contribution < 1.29 is 32.5 Å². The molecule has 0 radical (unpaired) electrons. The van der Waals surface area contributed by atoms with E-state index in [2.05, 4.69) is 15.3 Å². The van der Waals surface area contributed by atoms with Crippen LogP contribution in [0.1, 0.15) is 16.1 Å². The van der Waals surface area contributed by atoms with Gasteiger partial charge < -0.3 is 24.3 Å². The van der Waals surface area contributed by atoms with Crippen LogP contribution >= 0.6 is 11.6 Å². The maximum absolute atomic E-state index is 14.1. The molecule has 3 rings (SSSR count). The van der Waals surface area contributed by atoms with Crippen molar-refractivity contribution in [2.24, 2.45) is 0 Å². The van der Waals surface area contributed by atoms with Crippen LogP contribution < -0.4 is 19.5 Å². The summed E-state index contributed by atoms with van der Waals surface area (Å²) in [5, 5.41) is 2.67. The van der Waals surface area contributed by atoms with Crippen LogP contribution in [0.2, 0.25) is 5.02 Å². The molecule has 8 nitrogen and oxygen atoms in total. The van der Waals surface area contributed by atoms with Crippen LogP contribution in [0, 0.1) is 11.6 Å². The molecule has 0 aliphatic carbocycles. The molecule has 3 aromatic rings. The molecule has 168 valence electrons. The Balaban J connectivity index is 1.89. The highest BCUT2D eigenvalue weighted by Gasteiger charge is 2.19. The normalized spacial score (nSPS) is 10.4. The summed E-state index contributed by atoms with van der Waals surface area (Å²) in [4.78, 5) is 20.2. The number of hydrogen-bond acceptors (Lipinski definition) is 8. The average molecular weight is 466 g/mol. The molecule has 0 fully saturated rings. The Labute approximate surface area is 187 Å². The number of ether oxygens (including phenoxy) is 4. The highest BCUT2D eigenvalue weighted by Crippen LogP contribution is 2.33. The lowest BCUT2D eigenvalue weighted by molar-refractivity contribution is 0.0594. The molecule has 1 heterocycles. The Morgan fingerprint density at radius 2 is 1.84 bits per heavy atom. The van der Waals surface area contributed by atoms with Gasteiger partial charge in [-0.1, -0.05) is 17.7 Å². The van der Waals surface area contributed by atoms with E-state index in [1.165, 1.54) is 21.3 Å². The van der Waals surface area contributed by atoms with Crippen molar-refractivity contribution in [3.63, 3.8) is 0 Å². The van der Waals surface area contributed by atoms with Crippen molar-refractivity contribution in [3.05, 3.63) is 64.4 Å². The van der Waals surface area contributed by atoms with Gasteiger partial charge in [-0.15, -0.1) is 0 Å². The number of esters is 1. The molecule has 11 heteroatoms. The standard InChI is InChI=1S/C21H18ClF2N3O5/c1-29-15-5-4-11(6-16(15)30-2)9-26-20-18(21(28)31-3)25-10-17(27-20)32-19-13(22)7-12(23)8-14(19)24/h4-8,10H,9H2,1-3H3,(H,26,27). The van der Waals surface area contributed by atoms with Crippen LogP contribution in [0.4, 0.5) is 14.6 Å². The Bertz CT molecular complexity index is 1120. The number of aromatic nitrogens is 2. The fraction of sp³-hybridized carbons (Fsp3) is 0.190. The van der Waals surface area contributed by atoms with Gasteiger partial charge in [0.1, 0.15) is 5.82 Å². The van der Waals surface area contributed by atoms with Crippen molar-refractivity contribution in [1.29, 1.82) is 0 Å². The first-order valence-corrected chi connectivity index (χ1v) is 9.46. The molecule has 0 bridgehead atoms. The summed E-state index contributed by atoms with van der Waals surface area (Å²) >= 11 is 5.86. The monoisotopic (exact) mass is 465 g/mol. The molecule has 0 amide bonds. The second-order valence-electron chi connectivity index (χ2n) is 6.24. The molecule has 0 saturated heterocycles. The molecule has 0 aliphatic rings. The first kappa shape index (κ1) is 23.0. The number of carbonyl (C=O) groups is 1. The third-order valence-electron chi connectivity index (χ3n) is 4.21. The van der Waals surface area contributed by atoms with Crippen molar-refractivity contribution >= 4 is 23.4 Å². The molecule has 2 aromatic carbocycles. The Morgan fingerprint density at radius 1 is 1.09 bits per heavy atom. The third-order valence-corrected chi connectivity index (χ3v) is 4.49. The summed E-state index contributed by atoms with van der Waals surface area (Å²) in [6.07, 6.45) is 1.09. The SMILES string of the molecule is COC(=O)c1ncc(Oc2c(F)cc(F)cc2Cl)nc1NCc1ccc(OC)c(OC)c1. The third kappa shape index (κ3) is 5.14. The summed E-state index contributed by atoms with van der Waals surface area (Å²) in [6, 6.07) is 6.76. The Hall–Kier alpha value is -3.66. The number of halogens is 3. The first-order valence-electron chi connectivity index (χ1n) is 9.08. The van der Waals surface area contributed by atoms with Crippen molar-refractivity contribution in [2.45, 2.75) is 6.54 Å². The summed E-state index contributed by atoms with van der Waals surface area (Å²) in [5.74, 6) is -2.14. The van der Waals surface area contributed by atoms with Gasteiger partial charge in [-0.2, -0.15) is 4.98 Å². The molecule has 0 saturated carbocycles. The summed E-state index contributed by atoms with van der Waals surface area (Å²) in [5.41, 5.74) is 0.658. The van der Waals surface area contributed by atoms with Gasteiger partial charge in [0.15, 0.2) is 34.6 Å². The average Bonchev–Trinajstić information content (AvgIpc) is 2.79. The van der Waals surface area contributed by atoms with Gasteiger partial charge >= 0.3 is 5.97 Å². The number of benzene rings is 2. The van der Waals surface area contributed by atoms with E-state index in [1.807, 2.05) is 0 Å². The largest absolute Gasteiger partial charge is 0.493 e. The molecule has 0 unspecified atom stereocenters. The van der Waals surface area contributed by atoms with Gasteiger partial charge in [-0.3, -0.25) is 0 Å². The highest BCUT2D eigenvalue weighted by molar-refractivity contribution is 6.32. The first-order chi connectivity index (χ1) is 15.4. The summed E-state index contributed by atoms with van der Waals surface area (Å²) < 4.78 is 47.9.